The zero-order valence-corrected chi connectivity index (χ0v) is 10.2. The van der Waals surface area contributed by atoms with E-state index in [9.17, 15) is 9.90 Å². The number of rotatable bonds is 1. The first-order valence-electron chi connectivity index (χ1n) is 4.64. The summed E-state index contributed by atoms with van der Waals surface area (Å²) < 4.78 is 1.17. The van der Waals surface area contributed by atoms with Gasteiger partial charge in [-0.1, -0.05) is 23.2 Å². The highest BCUT2D eigenvalue weighted by Gasteiger charge is 2.16. The van der Waals surface area contributed by atoms with Gasteiger partial charge < -0.3 is 10.2 Å². The second kappa shape index (κ2) is 4.18. The molecule has 1 aromatic carbocycles. The van der Waals surface area contributed by atoms with Crippen LogP contribution in [0.4, 0.5) is 0 Å². The number of phenols is 1. The Morgan fingerprint density at radius 2 is 2.06 bits per heavy atom. The van der Waals surface area contributed by atoms with E-state index in [4.69, 9.17) is 28.3 Å². The van der Waals surface area contributed by atoms with Gasteiger partial charge in [-0.05, 0) is 6.07 Å². The number of aliphatic hydroxyl groups excluding tert-OH is 1. The maximum Gasteiger partial charge on any atom is 0.262 e. The van der Waals surface area contributed by atoms with Crippen LogP contribution in [-0.4, -0.2) is 19.8 Å². The number of hydrogen-bond donors (Lipinski definition) is 2. The average molecular weight is 275 g/mol. The van der Waals surface area contributed by atoms with Crippen molar-refractivity contribution in [1.29, 1.82) is 0 Å². The van der Waals surface area contributed by atoms with E-state index in [0.29, 0.717) is 0 Å². The van der Waals surface area contributed by atoms with Crippen LogP contribution < -0.4 is 5.56 Å². The Kier molecular flexibility index (Phi) is 2.99. The third-order valence-corrected chi connectivity index (χ3v) is 3.05. The number of aliphatic hydroxyl groups is 1. The molecule has 2 N–H and O–H groups in total. The molecule has 0 aliphatic heterocycles. The monoisotopic (exact) mass is 274 g/mol. The summed E-state index contributed by atoms with van der Waals surface area (Å²) >= 11 is 11.6. The Morgan fingerprint density at radius 1 is 1.41 bits per heavy atom. The quantitative estimate of drug-likeness (QED) is 0.825. The summed E-state index contributed by atoms with van der Waals surface area (Å²) in [5.74, 6) is -0.199. The van der Waals surface area contributed by atoms with Crippen molar-refractivity contribution in [3.05, 3.63) is 32.3 Å². The third-order valence-electron chi connectivity index (χ3n) is 2.47. The predicted octanol–water partition coefficient (Wildman–Crippen LogP) is 1.44. The van der Waals surface area contributed by atoms with E-state index in [-0.39, 0.29) is 32.5 Å². The Labute approximate surface area is 106 Å². The van der Waals surface area contributed by atoms with Gasteiger partial charge in [0.25, 0.3) is 5.56 Å². The Bertz CT molecular complexity index is 667. The molecule has 5 nitrogen and oxygen atoms in total. The van der Waals surface area contributed by atoms with Crippen molar-refractivity contribution in [3.63, 3.8) is 0 Å². The van der Waals surface area contributed by atoms with Gasteiger partial charge in [-0.25, -0.2) is 4.98 Å². The van der Waals surface area contributed by atoms with Gasteiger partial charge >= 0.3 is 0 Å². The second-order valence-corrected chi connectivity index (χ2v) is 4.28. The zero-order valence-electron chi connectivity index (χ0n) is 8.74. The number of phenolic OH excluding ortho intramolecular Hbond substituents is 1. The molecule has 0 unspecified atom stereocenters. The molecule has 7 heteroatoms. The van der Waals surface area contributed by atoms with E-state index in [0.717, 1.165) is 0 Å². The summed E-state index contributed by atoms with van der Waals surface area (Å²) in [4.78, 5) is 15.9. The van der Waals surface area contributed by atoms with Crippen molar-refractivity contribution < 1.29 is 10.2 Å². The van der Waals surface area contributed by atoms with E-state index < -0.39 is 12.2 Å². The molecule has 0 amide bonds. The molecule has 1 heterocycles. The van der Waals surface area contributed by atoms with Crippen LogP contribution in [0.25, 0.3) is 10.9 Å². The van der Waals surface area contributed by atoms with Crippen LogP contribution in [-0.2, 0) is 13.7 Å². The van der Waals surface area contributed by atoms with E-state index in [1.807, 2.05) is 0 Å². The number of aromatic nitrogens is 2. The number of hydrogen-bond acceptors (Lipinski definition) is 4. The van der Waals surface area contributed by atoms with Gasteiger partial charge in [0.15, 0.2) is 5.75 Å². The summed E-state index contributed by atoms with van der Waals surface area (Å²) in [6.45, 7) is -0.425. The SMILES string of the molecule is Cn1c(CO)nc2c(O)c(Cl)cc(Cl)c2c1=O. The average Bonchev–Trinajstić information content (AvgIpc) is 2.29. The van der Waals surface area contributed by atoms with Crippen molar-refractivity contribution in [3.8, 4) is 5.75 Å². The summed E-state index contributed by atoms with van der Waals surface area (Å²) in [5.41, 5.74) is -0.453. The fraction of sp³-hybridized carbons (Fsp3) is 0.200. The molecular formula is C10H8Cl2N2O3. The van der Waals surface area contributed by atoms with Crippen LogP contribution in [0, 0.1) is 0 Å². The van der Waals surface area contributed by atoms with Gasteiger partial charge in [0.1, 0.15) is 17.9 Å². The molecular weight excluding hydrogens is 267 g/mol. The molecule has 0 radical (unpaired) electrons. The molecule has 0 spiro atoms. The lowest BCUT2D eigenvalue weighted by Gasteiger charge is -2.09. The van der Waals surface area contributed by atoms with Crippen LogP contribution in [0.2, 0.25) is 10.0 Å². The minimum atomic E-state index is -0.448. The molecule has 2 rings (SSSR count). The highest BCUT2D eigenvalue weighted by Crippen LogP contribution is 2.34. The maximum atomic E-state index is 12.0. The molecule has 0 bridgehead atoms. The van der Waals surface area contributed by atoms with Gasteiger partial charge in [-0.2, -0.15) is 0 Å². The fourth-order valence-electron chi connectivity index (χ4n) is 1.54. The lowest BCUT2D eigenvalue weighted by Crippen LogP contribution is -2.22. The number of fused-ring (bicyclic) bond motifs is 1. The number of nitrogens with zero attached hydrogens (tertiary/aromatic N) is 2. The molecule has 0 aliphatic rings. The van der Waals surface area contributed by atoms with Crippen LogP contribution >= 0.6 is 23.2 Å². The summed E-state index contributed by atoms with van der Waals surface area (Å²) in [5, 5.41) is 19.0. The Balaban J connectivity index is 3.07. The van der Waals surface area contributed by atoms with Crippen LogP contribution in [0.3, 0.4) is 0 Å². The van der Waals surface area contributed by atoms with E-state index in [2.05, 4.69) is 4.98 Å². The largest absolute Gasteiger partial charge is 0.504 e. The standard InChI is InChI=1S/C10H8Cl2N2O3/c1-14-6(3-15)13-8-7(10(14)17)4(11)2-5(12)9(8)16/h2,15-16H,3H2,1H3. The van der Waals surface area contributed by atoms with Gasteiger partial charge in [-0.15, -0.1) is 0 Å². The van der Waals surface area contributed by atoms with Crippen LogP contribution in [0.5, 0.6) is 5.75 Å². The summed E-state index contributed by atoms with van der Waals surface area (Å²) in [6.07, 6.45) is 0. The minimum Gasteiger partial charge on any atom is -0.504 e. The minimum absolute atomic E-state index is 0.00495. The second-order valence-electron chi connectivity index (χ2n) is 3.46. The van der Waals surface area contributed by atoms with Crippen molar-refractivity contribution in [2.45, 2.75) is 6.61 Å². The molecule has 90 valence electrons. The molecule has 0 aliphatic carbocycles. The molecule has 0 fully saturated rings. The van der Waals surface area contributed by atoms with Crippen LogP contribution in [0.15, 0.2) is 10.9 Å². The maximum absolute atomic E-state index is 12.0. The van der Waals surface area contributed by atoms with Gasteiger partial charge in [0.05, 0.1) is 15.4 Å². The predicted molar refractivity (Wildman–Crippen MR) is 64.6 cm³/mol. The van der Waals surface area contributed by atoms with Gasteiger partial charge in [0.2, 0.25) is 0 Å². The molecule has 0 atom stereocenters. The normalized spacial score (nSPS) is 11.1. The molecule has 0 saturated heterocycles. The lowest BCUT2D eigenvalue weighted by atomic mass is 10.2. The van der Waals surface area contributed by atoms with Crippen LogP contribution in [0.1, 0.15) is 5.82 Å². The molecule has 2 aromatic rings. The Morgan fingerprint density at radius 3 is 2.65 bits per heavy atom. The fourth-order valence-corrected chi connectivity index (χ4v) is 2.07. The van der Waals surface area contributed by atoms with E-state index in [1.54, 1.807) is 0 Å². The van der Waals surface area contributed by atoms with Gasteiger partial charge in [-0.3, -0.25) is 9.36 Å². The molecule has 0 saturated carbocycles. The molecule has 1 aromatic heterocycles. The van der Waals surface area contributed by atoms with Crippen molar-refractivity contribution >= 4 is 34.1 Å². The number of halogens is 2. The first-order valence-corrected chi connectivity index (χ1v) is 5.40. The smallest absolute Gasteiger partial charge is 0.262 e. The Hall–Kier alpha value is -1.30. The van der Waals surface area contributed by atoms with Crippen molar-refractivity contribution in [2.24, 2.45) is 7.05 Å². The first kappa shape index (κ1) is 12.2. The number of aromatic hydroxyl groups is 1. The highest BCUT2D eigenvalue weighted by atomic mass is 35.5. The van der Waals surface area contributed by atoms with Crippen molar-refractivity contribution in [2.75, 3.05) is 0 Å². The third kappa shape index (κ3) is 1.76. The summed E-state index contributed by atoms with van der Waals surface area (Å²) in [7, 11) is 1.46. The van der Waals surface area contributed by atoms with Crippen molar-refractivity contribution in [1.82, 2.24) is 9.55 Å². The molecule has 17 heavy (non-hydrogen) atoms. The highest BCUT2D eigenvalue weighted by molar-refractivity contribution is 6.39. The topological polar surface area (TPSA) is 75.3 Å². The van der Waals surface area contributed by atoms with Gasteiger partial charge in [0, 0.05) is 7.05 Å². The van der Waals surface area contributed by atoms with E-state index >= 15 is 0 Å². The first-order chi connectivity index (χ1) is 7.97. The zero-order chi connectivity index (χ0) is 12.7. The number of benzene rings is 1. The summed E-state index contributed by atoms with van der Waals surface area (Å²) in [6, 6.07) is 1.28. The lowest BCUT2D eigenvalue weighted by molar-refractivity contribution is 0.265. The van der Waals surface area contributed by atoms with E-state index in [1.165, 1.54) is 17.7 Å².